The largest absolute Gasteiger partial charge is 0.493 e. The van der Waals surface area contributed by atoms with E-state index in [0.717, 1.165) is 12.8 Å². The Morgan fingerprint density at radius 2 is 1.46 bits per heavy atom. The van der Waals surface area contributed by atoms with Gasteiger partial charge in [0.2, 0.25) is 5.75 Å². The molecule has 196 valence electrons. The zero-order chi connectivity index (χ0) is 26.5. The van der Waals surface area contributed by atoms with E-state index in [-0.39, 0.29) is 22.8 Å². The highest BCUT2D eigenvalue weighted by atomic mass is 16.5. The number of rotatable bonds is 10. The lowest BCUT2D eigenvalue weighted by molar-refractivity contribution is -0.168. The number of carbonyl (C=O) groups excluding carboxylic acids is 4. The first-order valence-electron chi connectivity index (χ1n) is 12.5. The number of piperazine rings is 1. The molecule has 2 bridgehead atoms. The van der Waals surface area contributed by atoms with Crippen LogP contribution in [0.4, 0.5) is 0 Å². The Labute approximate surface area is 216 Å². The average Bonchev–Trinajstić information content (AvgIpc) is 2.94. The Hall–Kier alpha value is -3.88. The zero-order valence-electron chi connectivity index (χ0n) is 21.4. The van der Waals surface area contributed by atoms with Crippen LogP contribution in [0.1, 0.15) is 48.0 Å². The van der Waals surface area contributed by atoms with Crippen molar-refractivity contribution in [3.63, 3.8) is 0 Å². The molecule has 0 radical (unpaired) electrons. The Bertz CT molecular complexity index is 1130. The first-order valence-corrected chi connectivity index (χ1v) is 12.5. The molecule has 4 rings (SSSR count). The molecule has 2 fully saturated rings. The smallest absolute Gasteiger partial charge is 0.296 e. The van der Waals surface area contributed by atoms with E-state index < -0.39 is 35.6 Å². The number of imide groups is 1. The number of carbonyl (C=O) groups is 4. The number of amides is 3. The fourth-order valence-corrected chi connectivity index (χ4v) is 5.15. The fraction of sp³-hybridized carbons (Fsp3) is 0.429. The van der Waals surface area contributed by atoms with Gasteiger partial charge in [0.1, 0.15) is 12.1 Å². The van der Waals surface area contributed by atoms with Crippen molar-refractivity contribution in [2.45, 2.75) is 50.6 Å². The summed E-state index contributed by atoms with van der Waals surface area (Å²) in [4.78, 5) is 55.8. The number of Topliss-reactive ketones (excluding diaryl/α,β-unsaturated/α-hetero) is 1. The average molecular weight is 509 g/mol. The van der Waals surface area contributed by atoms with Crippen LogP contribution < -0.4 is 14.2 Å². The highest BCUT2D eigenvalue weighted by Gasteiger charge is 2.51. The second-order valence-corrected chi connectivity index (χ2v) is 9.19. The van der Waals surface area contributed by atoms with Crippen molar-refractivity contribution in [2.75, 3.05) is 27.9 Å². The molecule has 2 aromatic rings. The molecule has 9 heteroatoms. The summed E-state index contributed by atoms with van der Waals surface area (Å²) in [5.74, 6) is -1.80. The zero-order valence-corrected chi connectivity index (χ0v) is 21.4. The molecule has 3 amide bonds. The lowest BCUT2D eigenvalue weighted by Crippen LogP contribution is -2.68. The fourth-order valence-electron chi connectivity index (χ4n) is 5.15. The first kappa shape index (κ1) is 26.2. The Morgan fingerprint density at radius 1 is 0.865 bits per heavy atom. The minimum Gasteiger partial charge on any atom is -0.493 e. The van der Waals surface area contributed by atoms with Crippen molar-refractivity contribution in [3.05, 3.63) is 53.6 Å². The topological polar surface area (TPSA) is 102 Å². The van der Waals surface area contributed by atoms with Crippen molar-refractivity contribution < 1.29 is 33.4 Å². The number of aryl methyl sites for hydroxylation is 1. The van der Waals surface area contributed by atoms with Crippen LogP contribution in [0.25, 0.3) is 0 Å². The predicted octanol–water partition coefficient (Wildman–Crippen LogP) is 3.04. The number of hydrogen-bond donors (Lipinski definition) is 0. The SMILES string of the molecule is COc1cc(C(=O)C(=O)N2C3CCCC2C(=O)N(CCCCc2ccccc2)C3=O)cc(OC)c1OC. The van der Waals surface area contributed by atoms with Crippen molar-refractivity contribution in [1.82, 2.24) is 9.80 Å². The molecular weight excluding hydrogens is 476 g/mol. The van der Waals surface area contributed by atoms with E-state index in [1.807, 2.05) is 18.2 Å². The maximum Gasteiger partial charge on any atom is 0.296 e. The van der Waals surface area contributed by atoms with Crippen molar-refractivity contribution in [2.24, 2.45) is 0 Å². The van der Waals surface area contributed by atoms with Gasteiger partial charge in [-0.3, -0.25) is 24.1 Å². The highest BCUT2D eigenvalue weighted by Crippen LogP contribution is 2.39. The maximum atomic E-state index is 13.4. The Kier molecular flexibility index (Phi) is 8.11. The van der Waals surface area contributed by atoms with Crippen molar-refractivity contribution >= 4 is 23.5 Å². The van der Waals surface area contributed by atoms with Crippen LogP contribution in [0.2, 0.25) is 0 Å². The molecule has 2 unspecified atom stereocenters. The molecule has 2 aromatic carbocycles. The molecule has 2 heterocycles. The van der Waals surface area contributed by atoms with Crippen LogP contribution in [-0.2, 0) is 20.8 Å². The van der Waals surface area contributed by atoms with Gasteiger partial charge in [0, 0.05) is 12.1 Å². The Balaban J connectivity index is 1.49. The molecule has 2 aliphatic heterocycles. The van der Waals surface area contributed by atoms with Crippen LogP contribution in [0.3, 0.4) is 0 Å². The van der Waals surface area contributed by atoms with Gasteiger partial charge < -0.3 is 19.1 Å². The third-order valence-electron chi connectivity index (χ3n) is 7.02. The second kappa shape index (κ2) is 11.5. The maximum absolute atomic E-state index is 13.4. The summed E-state index contributed by atoms with van der Waals surface area (Å²) in [6, 6.07) is 11.2. The number of nitrogens with zero attached hydrogens (tertiary/aromatic N) is 2. The highest BCUT2D eigenvalue weighted by molar-refractivity contribution is 6.43. The van der Waals surface area contributed by atoms with Gasteiger partial charge in [0.15, 0.2) is 11.5 Å². The molecule has 0 aromatic heterocycles. The number of unbranched alkanes of at least 4 members (excludes halogenated alkanes) is 1. The third kappa shape index (κ3) is 5.16. The lowest BCUT2D eigenvalue weighted by atomic mass is 9.88. The molecule has 0 spiro atoms. The van der Waals surface area contributed by atoms with Gasteiger partial charge in [-0.25, -0.2) is 0 Å². The normalized spacial score (nSPS) is 19.0. The third-order valence-corrected chi connectivity index (χ3v) is 7.02. The monoisotopic (exact) mass is 508 g/mol. The molecule has 2 aliphatic rings. The van der Waals surface area contributed by atoms with E-state index in [4.69, 9.17) is 14.2 Å². The van der Waals surface area contributed by atoms with Crippen LogP contribution >= 0.6 is 0 Å². The summed E-state index contributed by atoms with van der Waals surface area (Å²) in [6.45, 7) is 0.306. The van der Waals surface area contributed by atoms with E-state index >= 15 is 0 Å². The quantitative estimate of drug-likeness (QED) is 0.210. The molecule has 9 nitrogen and oxygen atoms in total. The van der Waals surface area contributed by atoms with Crippen LogP contribution in [-0.4, -0.2) is 73.3 Å². The molecule has 2 atom stereocenters. The predicted molar refractivity (Wildman–Crippen MR) is 135 cm³/mol. The molecule has 2 saturated heterocycles. The number of ketones is 1. The molecule has 37 heavy (non-hydrogen) atoms. The summed E-state index contributed by atoms with van der Waals surface area (Å²) < 4.78 is 15.9. The van der Waals surface area contributed by atoms with Gasteiger partial charge in [0.05, 0.1) is 21.3 Å². The number of methoxy groups -OCH3 is 3. The molecule has 0 saturated carbocycles. The number of piperidine rings is 1. The van der Waals surface area contributed by atoms with Gasteiger partial charge in [-0.15, -0.1) is 0 Å². The minimum atomic E-state index is -0.880. The van der Waals surface area contributed by atoms with Crippen LogP contribution in [0, 0.1) is 0 Å². The second-order valence-electron chi connectivity index (χ2n) is 9.19. The van der Waals surface area contributed by atoms with Gasteiger partial charge in [0.25, 0.3) is 23.5 Å². The van der Waals surface area contributed by atoms with Crippen LogP contribution in [0.15, 0.2) is 42.5 Å². The van der Waals surface area contributed by atoms with Crippen molar-refractivity contribution in [3.8, 4) is 17.2 Å². The molecule has 0 aliphatic carbocycles. The van der Waals surface area contributed by atoms with Crippen molar-refractivity contribution in [1.29, 1.82) is 0 Å². The number of ether oxygens (including phenoxy) is 3. The summed E-state index contributed by atoms with van der Waals surface area (Å²) in [5, 5.41) is 0. The summed E-state index contributed by atoms with van der Waals surface area (Å²) in [7, 11) is 4.26. The molecule has 0 N–H and O–H groups in total. The lowest BCUT2D eigenvalue weighted by Gasteiger charge is -2.47. The Morgan fingerprint density at radius 3 is 2.00 bits per heavy atom. The molecular formula is C28H32N2O7. The number of hydrogen-bond acceptors (Lipinski definition) is 7. The number of benzene rings is 2. The summed E-state index contributed by atoms with van der Waals surface area (Å²) >= 11 is 0. The van der Waals surface area contributed by atoms with Gasteiger partial charge in [-0.1, -0.05) is 30.3 Å². The first-order chi connectivity index (χ1) is 17.9. The van der Waals surface area contributed by atoms with E-state index in [1.54, 1.807) is 0 Å². The van der Waals surface area contributed by atoms with E-state index in [9.17, 15) is 19.2 Å². The van der Waals surface area contributed by atoms with Gasteiger partial charge >= 0.3 is 0 Å². The standard InChI is InChI=1S/C28H32N2O7/c1-35-22-16-19(17-23(36-2)25(22)37-3)24(31)28(34)30-20-13-9-14-21(30)27(33)29(26(20)32)15-8-7-12-18-10-5-4-6-11-18/h4-6,10-11,16-17,20-21H,7-9,12-15H2,1-3H3. The van der Waals surface area contributed by atoms with Gasteiger partial charge in [-0.2, -0.15) is 0 Å². The summed E-state index contributed by atoms with van der Waals surface area (Å²) in [6.07, 6.45) is 3.83. The minimum absolute atomic E-state index is 0.0285. The van der Waals surface area contributed by atoms with Crippen LogP contribution in [0.5, 0.6) is 17.2 Å². The van der Waals surface area contributed by atoms with Gasteiger partial charge in [-0.05, 0) is 56.2 Å². The van der Waals surface area contributed by atoms with E-state index in [2.05, 4.69) is 12.1 Å². The summed E-state index contributed by atoms with van der Waals surface area (Å²) in [5.41, 5.74) is 1.23. The van der Waals surface area contributed by atoms with E-state index in [0.29, 0.717) is 32.2 Å². The number of fused-ring (bicyclic) bond motifs is 2. The van der Waals surface area contributed by atoms with E-state index in [1.165, 1.54) is 48.8 Å². The number of likely N-dealkylation sites (tertiary alicyclic amines) is 1.